The quantitative estimate of drug-likeness (QED) is 0.672. The zero-order chi connectivity index (χ0) is 12.1. The molecule has 0 saturated heterocycles. The molecular formula is C10H14N2O3S. The minimum absolute atomic E-state index is 0.0802. The van der Waals surface area contributed by atoms with Crippen LogP contribution in [-0.2, 0) is 0 Å². The average Bonchev–Trinajstić information content (AvgIpc) is 2.21. The molecule has 1 heterocycles. The molecule has 5 nitrogen and oxygen atoms in total. The Morgan fingerprint density at radius 1 is 1.69 bits per heavy atom. The fourth-order valence-corrected chi connectivity index (χ4v) is 2.03. The Bertz CT molecular complexity index is 384. The zero-order valence-corrected chi connectivity index (χ0v) is 9.70. The summed E-state index contributed by atoms with van der Waals surface area (Å²) in [4.78, 5) is 14.7. The number of rotatable bonds is 5. The van der Waals surface area contributed by atoms with E-state index in [1.807, 2.05) is 6.92 Å². The van der Waals surface area contributed by atoms with Crippen molar-refractivity contribution < 1.29 is 15.0 Å². The fourth-order valence-electron chi connectivity index (χ4n) is 1.12. The van der Waals surface area contributed by atoms with Gasteiger partial charge in [0, 0.05) is 18.1 Å². The van der Waals surface area contributed by atoms with Gasteiger partial charge >= 0.3 is 5.97 Å². The summed E-state index contributed by atoms with van der Waals surface area (Å²) in [6.07, 6.45) is 1.93. The number of pyridine rings is 1. The fraction of sp³-hybridized carbons (Fsp3) is 0.400. The van der Waals surface area contributed by atoms with Crippen LogP contribution < -0.4 is 5.73 Å². The molecule has 4 N–H and O–H groups in total. The molecule has 1 unspecified atom stereocenters. The van der Waals surface area contributed by atoms with Gasteiger partial charge in [0.1, 0.15) is 5.03 Å². The van der Waals surface area contributed by atoms with Crippen LogP contribution in [0.4, 0.5) is 5.69 Å². The van der Waals surface area contributed by atoms with E-state index in [1.54, 1.807) is 0 Å². The van der Waals surface area contributed by atoms with Gasteiger partial charge in [0.15, 0.2) is 0 Å². The predicted octanol–water partition coefficient (Wildman–Crippen LogP) is 1.23. The molecule has 88 valence electrons. The number of carboxylic acid groups (broad SMARTS) is 1. The van der Waals surface area contributed by atoms with E-state index in [0.29, 0.717) is 17.1 Å². The Hall–Kier alpha value is -1.27. The van der Waals surface area contributed by atoms with Crippen LogP contribution in [0.5, 0.6) is 0 Å². The number of carboxylic acids is 1. The van der Waals surface area contributed by atoms with Crippen LogP contribution in [0.1, 0.15) is 23.7 Å². The Labute approximate surface area is 97.7 Å². The number of hydrogen-bond donors (Lipinski definition) is 3. The molecule has 1 rings (SSSR count). The SMILES string of the molecule is CC(CCO)Sc1ncc(C(=O)O)cc1N. The van der Waals surface area contributed by atoms with Crippen molar-refractivity contribution in [2.24, 2.45) is 0 Å². The molecule has 16 heavy (non-hydrogen) atoms. The number of thioether (sulfide) groups is 1. The first-order chi connectivity index (χ1) is 7.54. The topological polar surface area (TPSA) is 96.4 Å². The summed E-state index contributed by atoms with van der Waals surface area (Å²) in [6.45, 7) is 2.06. The number of aromatic carboxylic acids is 1. The minimum Gasteiger partial charge on any atom is -0.478 e. The maximum Gasteiger partial charge on any atom is 0.337 e. The molecule has 1 aromatic rings. The molecule has 0 amide bonds. The molecular weight excluding hydrogens is 228 g/mol. The Morgan fingerprint density at radius 2 is 2.38 bits per heavy atom. The number of carbonyl (C=O) groups is 1. The second-order valence-corrected chi connectivity index (χ2v) is 4.79. The van der Waals surface area contributed by atoms with Gasteiger partial charge in [-0.25, -0.2) is 9.78 Å². The lowest BCUT2D eigenvalue weighted by Gasteiger charge is -2.10. The van der Waals surface area contributed by atoms with Gasteiger partial charge in [-0.15, -0.1) is 11.8 Å². The number of anilines is 1. The largest absolute Gasteiger partial charge is 0.478 e. The summed E-state index contributed by atoms with van der Waals surface area (Å²) < 4.78 is 0. The lowest BCUT2D eigenvalue weighted by molar-refractivity contribution is 0.0696. The highest BCUT2D eigenvalue weighted by Crippen LogP contribution is 2.28. The third kappa shape index (κ3) is 3.39. The molecule has 0 spiro atoms. The van der Waals surface area contributed by atoms with Crippen LogP contribution in [-0.4, -0.2) is 33.0 Å². The first-order valence-electron chi connectivity index (χ1n) is 4.81. The summed E-state index contributed by atoms with van der Waals surface area (Å²) in [5.41, 5.74) is 6.13. The van der Waals surface area contributed by atoms with Crippen molar-refractivity contribution in [2.45, 2.75) is 23.6 Å². The molecule has 6 heteroatoms. The smallest absolute Gasteiger partial charge is 0.337 e. The van der Waals surface area contributed by atoms with Crippen LogP contribution in [0, 0.1) is 0 Å². The number of aromatic nitrogens is 1. The van der Waals surface area contributed by atoms with Crippen LogP contribution in [0.15, 0.2) is 17.3 Å². The van der Waals surface area contributed by atoms with E-state index in [0.717, 1.165) is 0 Å². The van der Waals surface area contributed by atoms with Crippen molar-refractivity contribution in [1.82, 2.24) is 4.98 Å². The number of nitrogens with two attached hydrogens (primary N) is 1. The number of aliphatic hydroxyl groups excluding tert-OH is 1. The van der Waals surface area contributed by atoms with Gasteiger partial charge in [-0.05, 0) is 12.5 Å². The maximum atomic E-state index is 10.7. The Morgan fingerprint density at radius 3 is 2.88 bits per heavy atom. The summed E-state index contributed by atoms with van der Waals surface area (Å²) in [6, 6.07) is 1.39. The van der Waals surface area contributed by atoms with Crippen molar-refractivity contribution >= 4 is 23.4 Å². The van der Waals surface area contributed by atoms with E-state index in [-0.39, 0.29) is 17.4 Å². The van der Waals surface area contributed by atoms with Crippen LogP contribution in [0.3, 0.4) is 0 Å². The van der Waals surface area contributed by atoms with Gasteiger partial charge in [0.25, 0.3) is 0 Å². The van der Waals surface area contributed by atoms with Gasteiger partial charge in [-0.1, -0.05) is 6.92 Å². The van der Waals surface area contributed by atoms with Crippen molar-refractivity contribution in [1.29, 1.82) is 0 Å². The summed E-state index contributed by atoms with van der Waals surface area (Å²) in [5, 5.41) is 18.3. The Kier molecular flexibility index (Phi) is 4.57. The highest BCUT2D eigenvalue weighted by Gasteiger charge is 2.11. The number of hydrogen-bond acceptors (Lipinski definition) is 5. The van der Waals surface area contributed by atoms with Gasteiger partial charge in [-0.2, -0.15) is 0 Å². The third-order valence-electron chi connectivity index (χ3n) is 1.97. The minimum atomic E-state index is -1.04. The van der Waals surface area contributed by atoms with E-state index in [1.165, 1.54) is 24.0 Å². The van der Waals surface area contributed by atoms with E-state index >= 15 is 0 Å². The molecule has 0 bridgehead atoms. The highest BCUT2D eigenvalue weighted by molar-refractivity contribution is 8.00. The third-order valence-corrected chi connectivity index (χ3v) is 3.18. The van der Waals surface area contributed by atoms with Crippen molar-refractivity contribution in [3.8, 4) is 0 Å². The maximum absolute atomic E-state index is 10.7. The first kappa shape index (κ1) is 12.8. The van der Waals surface area contributed by atoms with Crippen LogP contribution in [0.25, 0.3) is 0 Å². The van der Waals surface area contributed by atoms with E-state index in [4.69, 9.17) is 15.9 Å². The number of nitrogens with zero attached hydrogens (tertiary/aromatic N) is 1. The summed E-state index contributed by atoms with van der Waals surface area (Å²) in [5.74, 6) is -1.04. The molecule has 0 aliphatic heterocycles. The van der Waals surface area contributed by atoms with Crippen molar-refractivity contribution in [2.75, 3.05) is 12.3 Å². The number of aliphatic hydroxyl groups is 1. The lowest BCUT2D eigenvalue weighted by Crippen LogP contribution is -2.04. The standard InChI is InChI=1S/C10H14N2O3S/c1-6(2-3-13)16-9-8(11)4-7(5-12-9)10(14)15/h4-6,13H,2-3,11H2,1H3,(H,14,15). The van der Waals surface area contributed by atoms with Gasteiger partial charge < -0.3 is 15.9 Å². The zero-order valence-electron chi connectivity index (χ0n) is 8.88. The monoisotopic (exact) mass is 242 g/mol. The Balaban J connectivity index is 2.79. The van der Waals surface area contributed by atoms with Crippen molar-refractivity contribution in [3.05, 3.63) is 17.8 Å². The normalized spacial score (nSPS) is 12.4. The number of nitrogen functional groups attached to an aromatic ring is 1. The second-order valence-electron chi connectivity index (χ2n) is 3.36. The highest BCUT2D eigenvalue weighted by atomic mass is 32.2. The van der Waals surface area contributed by atoms with Gasteiger partial charge in [0.2, 0.25) is 0 Å². The van der Waals surface area contributed by atoms with Crippen LogP contribution >= 0.6 is 11.8 Å². The second kappa shape index (κ2) is 5.72. The lowest BCUT2D eigenvalue weighted by atomic mass is 10.3. The molecule has 1 atom stereocenters. The molecule has 0 saturated carbocycles. The molecule has 0 aromatic carbocycles. The predicted molar refractivity (Wildman–Crippen MR) is 62.6 cm³/mol. The molecule has 0 radical (unpaired) electrons. The molecule has 0 aliphatic rings. The average molecular weight is 242 g/mol. The summed E-state index contributed by atoms with van der Waals surface area (Å²) in [7, 11) is 0. The van der Waals surface area contributed by atoms with E-state index < -0.39 is 5.97 Å². The summed E-state index contributed by atoms with van der Waals surface area (Å²) >= 11 is 1.43. The molecule has 0 aliphatic carbocycles. The first-order valence-corrected chi connectivity index (χ1v) is 5.69. The van der Waals surface area contributed by atoms with Gasteiger partial charge in [0.05, 0.1) is 11.3 Å². The molecule has 1 aromatic heterocycles. The van der Waals surface area contributed by atoms with Crippen LogP contribution in [0.2, 0.25) is 0 Å². The molecule has 0 fully saturated rings. The van der Waals surface area contributed by atoms with E-state index in [2.05, 4.69) is 4.98 Å². The van der Waals surface area contributed by atoms with Gasteiger partial charge in [-0.3, -0.25) is 0 Å². The van der Waals surface area contributed by atoms with Crippen molar-refractivity contribution in [3.63, 3.8) is 0 Å². The van der Waals surface area contributed by atoms with E-state index in [9.17, 15) is 4.79 Å².